The SMILES string of the molecule is O=C(O)c1ccc(CNC(=O)N2CC(O)(C3CC3)C2)cc1. The highest BCUT2D eigenvalue weighted by atomic mass is 16.4. The number of aliphatic hydroxyl groups is 1. The number of benzene rings is 1. The fraction of sp³-hybridized carbons (Fsp3) is 0.467. The molecule has 2 fully saturated rings. The molecule has 1 aromatic rings. The summed E-state index contributed by atoms with van der Waals surface area (Å²) in [4.78, 5) is 24.3. The first-order valence-corrected chi connectivity index (χ1v) is 7.05. The van der Waals surface area contributed by atoms with Crippen molar-refractivity contribution in [3.8, 4) is 0 Å². The van der Waals surface area contributed by atoms with Crippen molar-refractivity contribution in [1.82, 2.24) is 10.2 Å². The number of nitrogens with zero attached hydrogens (tertiary/aromatic N) is 1. The quantitative estimate of drug-likeness (QED) is 0.773. The Labute approximate surface area is 122 Å². The Morgan fingerprint density at radius 3 is 2.38 bits per heavy atom. The van der Waals surface area contributed by atoms with E-state index in [0.717, 1.165) is 18.4 Å². The van der Waals surface area contributed by atoms with E-state index in [1.807, 2.05) is 0 Å². The van der Waals surface area contributed by atoms with Crippen molar-refractivity contribution in [3.05, 3.63) is 35.4 Å². The van der Waals surface area contributed by atoms with Gasteiger partial charge in [-0.3, -0.25) is 0 Å². The second-order valence-electron chi connectivity index (χ2n) is 5.89. The molecule has 6 heteroatoms. The monoisotopic (exact) mass is 290 g/mol. The summed E-state index contributed by atoms with van der Waals surface area (Å²) in [5.41, 5.74) is 0.397. The van der Waals surface area contributed by atoms with Crippen LogP contribution in [-0.2, 0) is 6.54 Å². The normalized spacial score (nSPS) is 19.8. The molecule has 0 spiro atoms. The Balaban J connectivity index is 1.47. The summed E-state index contributed by atoms with van der Waals surface area (Å²) in [6.45, 7) is 1.15. The predicted octanol–water partition coefficient (Wildman–Crippen LogP) is 1.05. The Kier molecular flexibility index (Phi) is 3.33. The number of hydrogen-bond donors (Lipinski definition) is 3. The molecule has 2 amide bonds. The van der Waals surface area contributed by atoms with E-state index in [1.54, 1.807) is 17.0 Å². The minimum atomic E-state index is -0.967. The predicted molar refractivity (Wildman–Crippen MR) is 74.9 cm³/mol. The highest BCUT2D eigenvalue weighted by molar-refractivity contribution is 5.87. The molecule has 1 saturated carbocycles. The molecule has 3 rings (SSSR count). The number of likely N-dealkylation sites (tertiary alicyclic amines) is 1. The van der Waals surface area contributed by atoms with Gasteiger partial charge in [-0.2, -0.15) is 0 Å². The lowest BCUT2D eigenvalue weighted by molar-refractivity contribution is -0.0918. The highest BCUT2D eigenvalue weighted by Gasteiger charge is 2.53. The Bertz CT molecular complexity index is 560. The van der Waals surface area contributed by atoms with Gasteiger partial charge in [-0.05, 0) is 36.5 Å². The summed E-state index contributed by atoms with van der Waals surface area (Å²) in [7, 11) is 0. The van der Waals surface area contributed by atoms with Gasteiger partial charge in [0.25, 0.3) is 0 Å². The van der Waals surface area contributed by atoms with Crippen molar-refractivity contribution in [1.29, 1.82) is 0 Å². The van der Waals surface area contributed by atoms with Crippen LogP contribution in [0, 0.1) is 5.92 Å². The number of hydrogen-bond acceptors (Lipinski definition) is 3. The zero-order valence-corrected chi connectivity index (χ0v) is 11.6. The van der Waals surface area contributed by atoms with Gasteiger partial charge in [0.2, 0.25) is 0 Å². The van der Waals surface area contributed by atoms with Crippen molar-refractivity contribution in [2.24, 2.45) is 5.92 Å². The molecule has 2 aliphatic rings. The number of β-amino-alcohol motifs (C(OH)–C–C–N with tert-alkyl or cyclic N) is 1. The lowest BCUT2D eigenvalue weighted by atomic mass is 9.89. The van der Waals surface area contributed by atoms with Gasteiger partial charge in [0.1, 0.15) is 5.60 Å². The van der Waals surface area contributed by atoms with Gasteiger partial charge in [0, 0.05) is 6.54 Å². The van der Waals surface area contributed by atoms with Crippen LogP contribution in [0.2, 0.25) is 0 Å². The Morgan fingerprint density at radius 2 is 1.86 bits per heavy atom. The minimum absolute atomic E-state index is 0.192. The molecule has 1 heterocycles. The summed E-state index contributed by atoms with van der Waals surface area (Å²) >= 11 is 0. The van der Waals surface area contributed by atoms with Gasteiger partial charge in [0.05, 0.1) is 18.7 Å². The Morgan fingerprint density at radius 1 is 1.24 bits per heavy atom. The van der Waals surface area contributed by atoms with E-state index in [9.17, 15) is 14.7 Å². The molecule has 1 saturated heterocycles. The average Bonchev–Trinajstić information content (AvgIpc) is 3.26. The minimum Gasteiger partial charge on any atom is -0.478 e. The van der Waals surface area contributed by atoms with E-state index in [0.29, 0.717) is 25.6 Å². The van der Waals surface area contributed by atoms with Gasteiger partial charge in [0.15, 0.2) is 0 Å². The fourth-order valence-electron chi connectivity index (χ4n) is 2.69. The number of carboxylic acid groups (broad SMARTS) is 1. The first kappa shape index (κ1) is 13.9. The van der Waals surface area contributed by atoms with Gasteiger partial charge in [-0.1, -0.05) is 12.1 Å². The van der Waals surface area contributed by atoms with Crippen molar-refractivity contribution in [3.63, 3.8) is 0 Å². The topological polar surface area (TPSA) is 89.9 Å². The Hall–Kier alpha value is -2.08. The molecule has 0 bridgehead atoms. The molecule has 1 aliphatic carbocycles. The highest BCUT2D eigenvalue weighted by Crippen LogP contribution is 2.44. The molecular formula is C15H18N2O4. The van der Waals surface area contributed by atoms with Crippen LogP contribution in [0.1, 0.15) is 28.8 Å². The van der Waals surface area contributed by atoms with Crippen LogP contribution in [0.3, 0.4) is 0 Å². The van der Waals surface area contributed by atoms with Crippen LogP contribution in [0.4, 0.5) is 4.79 Å². The van der Waals surface area contributed by atoms with E-state index < -0.39 is 11.6 Å². The van der Waals surface area contributed by atoms with Gasteiger partial charge < -0.3 is 20.4 Å². The third kappa shape index (κ3) is 2.85. The van der Waals surface area contributed by atoms with Crippen LogP contribution < -0.4 is 5.32 Å². The van der Waals surface area contributed by atoms with Crippen LogP contribution in [0.15, 0.2) is 24.3 Å². The second kappa shape index (κ2) is 5.04. The summed E-state index contributed by atoms with van der Waals surface area (Å²) in [6.07, 6.45) is 2.11. The average molecular weight is 290 g/mol. The van der Waals surface area contributed by atoms with Crippen LogP contribution in [0.5, 0.6) is 0 Å². The number of carboxylic acids is 1. The molecule has 0 radical (unpaired) electrons. The molecule has 3 N–H and O–H groups in total. The molecular weight excluding hydrogens is 272 g/mol. The van der Waals surface area contributed by atoms with E-state index in [1.165, 1.54) is 12.1 Å². The number of nitrogens with one attached hydrogen (secondary N) is 1. The number of aromatic carboxylic acids is 1. The third-order valence-electron chi connectivity index (χ3n) is 4.20. The van der Waals surface area contributed by atoms with E-state index in [-0.39, 0.29) is 11.6 Å². The molecule has 1 aliphatic heterocycles. The molecule has 6 nitrogen and oxygen atoms in total. The summed E-state index contributed by atoms with van der Waals surface area (Å²) < 4.78 is 0. The van der Waals surface area contributed by atoms with Crippen LogP contribution in [0.25, 0.3) is 0 Å². The van der Waals surface area contributed by atoms with Crippen molar-refractivity contribution >= 4 is 12.0 Å². The first-order chi connectivity index (χ1) is 9.98. The van der Waals surface area contributed by atoms with E-state index in [2.05, 4.69) is 5.32 Å². The zero-order valence-electron chi connectivity index (χ0n) is 11.6. The fourth-order valence-corrected chi connectivity index (χ4v) is 2.69. The lowest BCUT2D eigenvalue weighted by Crippen LogP contribution is -2.66. The van der Waals surface area contributed by atoms with Crippen LogP contribution >= 0.6 is 0 Å². The summed E-state index contributed by atoms with van der Waals surface area (Å²) in [5, 5.41) is 21.7. The van der Waals surface area contributed by atoms with E-state index in [4.69, 9.17) is 5.11 Å². The molecule has 0 unspecified atom stereocenters. The standard InChI is InChI=1S/C15H18N2O4/c18-13(19)11-3-1-10(2-4-11)7-16-14(20)17-8-15(21,9-17)12-5-6-12/h1-4,12,21H,5-9H2,(H,16,20)(H,18,19). The summed E-state index contributed by atoms with van der Waals surface area (Å²) in [5.74, 6) is -0.601. The van der Waals surface area contributed by atoms with Crippen LogP contribution in [-0.4, -0.2) is 45.8 Å². The number of rotatable bonds is 4. The molecule has 0 atom stereocenters. The maximum absolute atomic E-state index is 11.9. The van der Waals surface area contributed by atoms with Crippen molar-refractivity contribution in [2.45, 2.75) is 25.0 Å². The lowest BCUT2D eigenvalue weighted by Gasteiger charge is -2.46. The van der Waals surface area contributed by atoms with E-state index >= 15 is 0 Å². The molecule has 21 heavy (non-hydrogen) atoms. The smallest absolute Gasteiger partial charge is 0.335 e. The third-order valence-corrected chi connectivity index (χ3v) is 4.20. The van der Waals surface area contributed by atoms with Crippen molar-refractivity contribution in [2.75, 3.05) is 13.1 Å². The number of amides is 2. The largest absolute Gasteiger partial charge is 0.478 e. The molecule has 0 aromatic heterocycles. The summed E-state index contributed by atoms with van der Waals surface area (Å²) in [6, 6.07) is 6.20. The zero-order chi connectivity index (χ0) is 15.0. The molecule has 1 aromatic carbocycles. The maximum atomic E-state index is 11.9. The number of carbonyl (C=O) groups excluding carboxylic acids is 1. The van der Waals surface area contributed by atoms with Crippen molar-refractivity contribution < 1.29 is 19.8 Å². The number of carbonyl (C=O) groups is 2. The molecule has 112 valence electrons. The second-order valence-corrected chi connectivity index (χ2v) is 5.89. The number of urea groups is 1. The van der Waals surface area contributed by atoms with Gasteiger partial charge in [-0.15, -0.1) is 0 Å². The first-order valence-electron chi connectivity index (χ1n) is 7.05. The van der Waals surface area contributed by atoms with Gasteiger partial charge in [-0.25, -0.2) is 9.59 Å². The van der Waals surface area contributed by atoms with Gasteiger partial charge >= 0.3 is 12.0 Å². The maximum Gasteiger partial charge on any atom is 0.335 e.